The lowest BCUT2D eigenvalue weighted by atomic mass is 9.87. The number of imidazole rings is 1. The number of aryl methyl sites for hydroxylation is 1. The Bertz CT molecular complexity index is 1330. The van der Waals surface area contributed by atoms with E-state index in [4.69, 9.17) is 4.74 Å². The molecule has 1 aromatic carbocycles. The minimum absolute atomic E-state index is 0.402. The molecular weight excluding hydrogens is 412 g/mol. The maximum Gasteiger partial charge on any atom is 0.132 e. The fourth-order valence-electron chi connectivity index (χ4n) is 4.27. The molecule has 168 valence electrons. The summed E-state index contributed by atoms with van der Waals surface area (Å²) in [5, 5.41) is 8.13. The third-order valence-corrected chi connectivity index (χ3v) is 6.25. The van der Waals surface area contributed by atoms with Gasteiger partial charge in [0.2, 0.25) is 0 Å². The van der Waals surface area contributed by atoms with Gasteiger partial charge in [-0.15, -0.1) is 0 Å². The summed E-state index contributed by atoms with van der Waals surface area (Å²) in [7, 11) is 3.68. The van der Waals surface area contributed by atoms with E-state index < -0.39 is 0 Å². The molecule has 1 aliphatic rings. The van der Waals surface area contributed by atoms with Crippen molar-refractivity contribution in [2.24, 2.45) is 13.0 Å². The van der Waals surface area contributed by atoms with Crippen LogP contribution in [0, 0.1) is 5.92 Å². The molecule has 3 aromatic heterocycles. The third-order valence-electron chi connectivity index (χ3n) is 6.25. The monoisotopic (exact) mass is 440 g/mol. The van der Waals surface area contributed by atoms with Gasteiger partial charge in [0, 0.05) is 36.5 Å². The molecule has 4 aromatic rings. The number of anilines is 1. The molecule has 1 aliphatic carbocycles. The second-order valence-corrected chi connectivity index (χ2v) is 8.44. The number of fused-ring (bicyclic) bond motifs is 1. The first-order valence-corrected chi connectivity index (χ1v) is 11.2. The summed E-state index contributed by atoms with van der Waals surface area (Å²) in [6, 6.07) is 10.2. The maximum atomic E-state index is 5.24. The van der Waals surface area contributed by atoms with Crippen LogP contribution < -0.4 is 10.1 Å². The molecule has 1 unspecified atom stereocenters. The highest BCUT2D eigenvalue weighted by molar-refractivity contribution is 5.77. The summed E-state index contributed by atoms with van der Waals surface area (Å²) in [6.45, 7) is 2.97. The number of hydrogen-bond acceptors (Lipinski definition) is 5. The van der Waals surface area contributed by atoms with Crippen molar-refractivity contribution in [1.29, 1.82) is 0 Å². The highest BCUT2D eigenvalue weighted by Crippen LogP contribution is 2.33. The minimum atomic E-state index is 0.402. The molecule has 0 saturated carbocycles. The molecular formula is C26H28N6O. The summed E-state index contributed by atoms with van der Waals surface area (Å²) in [6.07, 6.45) is 14.1. The highest BCUT2D eigenvalue weighted by Gasteiger charge is 2.20. The summed E-state index contributed by atoms with van der Waals surface area (Å²) >= 11 is 0. The van der Waals surface area contributed by atoms with Gasteiger partial charge in [0.25, 0.3) is 0 Å². The van der Waals surface area contributed by atoms with Gasteiger partial charge in [-0.2, -0.15) is 5.10 Å². The van der Waals surface area contributed by atoms with Crippen molar-refractivity contribution in [1.82, 2.24) is 24.3 Å². The molecule has 3 heterocycles. The van der Waals surface area contributed by atoms with Crippen molar-refractivity contribution in [3.8, 4) is 5.75 Å². The van der Waals surface area contributed by atoms with Crippen LogP contribution in [0.25, 0.3) is 16.6 Å². The first kappa shape index (κ1) is 21.0. The van der Waals surface area contributed by atoms with E-state index in [0.29, 0.717) is 5.92 Å². The Morgan fingerprint density at radius 3 is 2.76 bits per heavy atom. The Labute approximate surface area is 193 Å². The zero-order valence-corrected chi connectivity index (χ0v) is 19.2. The molecule has 0 bridgehead atoms. The van der Waals surface area contributed by atoms with E-state index in [-0.39, 0.29) is 0 Å². The number of hydrogen-bond donors (Lipinski definition) is 1. The molecule has 7 heteroatoms. The minimum Gasteiger partial charge on any atom is -0.497 e. The van der Waals surface area contributed by atoms with Gasteiger partial charge in [-0.05, 0) is 42.2 Å². The molecule has 0 fully saturated rings. The molecule has 0 amide bonds. The Morgan fingerprint density at radius 2 is 1.97 bits per heavy atom. The number of nitrogens with zero attached hydrogens (tertiary/aromatic N) is 5. The summed E-state index contributed by atoms with van der Waals surface area (Å²) < 4.78 is 9.24. The van der Waals surface area contributed by atoms with Crippen molar-refractivity contribution in [2.45, 2.75) is 26.3 Å². The van der Waals surface area contributed by atoms with Gasteiger partial charge in [0.15, 0.2) is 0 Å². The molecule has 7 nitrogen and oxygen atoms in total. The van der Waals surface area contributed by atoms with Crippen molar-refractivity contribution in [3.05, 3.63) is 84.2 Å². The predicted octanol–water partition coefficient (Wildman–Crippen LogP) is 5.03. The number of pyridine rings is 1. The second kappa shape index (κ2) is 8.94. The van der Waals surface area contributed by atoms with Gasteiger partial charge in [-0.1, -0.05) is 25.1 Å². The zero-order valence-electron chi connectivity index (χ0n) is 19.2. The summed E-state index contributed by atoms with van der Waals surface area (Å²) in [5.41, 5.74) is 6.84. The van der Waals surface area contributed by atoms with Crippen LogP contribution in [-0.2, 0) is 13.6 Å². The SMILES string of the molecule is CCC1CC(c2cnn(Cc3ccc(OC)cc3)c2)=CC=C1Nc1cc2c(cn1)ncn2C. The van der Waals surface area contributed by atoms with Crippen LogP contribution in [0.5, 0.6) is 5.75 Å². The molecule has 1 N–H and O–H groups in total. The Balaban J connectivity index is 1.32. The third kappa shape index (κ3) is 4.39. The topological polar surface area (TPSA) is 69.8 Å². The molecule has 0 radical (unpaired) electrons. The Kier molecular flexibility index (Phi) is 5.69. The molecule has 5 rings (SSSR count). The lowest BCUT2D eigenvalue weighted by Crippen LogP contribution is -2.15. The van der Waals surface area contributed by atoms with Crippen LogP contribution in [0.4, 0.5) is 5.82 Å². The molecule has 33 heavy (non-hydrogen) atoms. The number of rotatable bonds is 7. The largest absolute Gasteiger partial charge is 0.497 e. The smallest absolute Gasteiger partial charge is 0.132 e. The van der Waals surface area contributed by atoms with E-state index in [1.165, 1.54) is 22.4 Å². The normalized spacial score (nSPS) is 15.9. The van der Waals surface area contributed by atoms with E-state index in [2.05, 4.69) is 63.9 Å². The average Bonchev–Trinajstić information content (AvgIpc) is 3.46. The van der Waals surface area contributed by atoms with Gasteiger partial charge in [0.1, 0.15) is 17.1 Å². The zero-order chi connectivity index (χ0) is 22.8. The number of methoxy groups -OCH3 is 1. The fraction of sp³-hybridized carbons (Fsp3) is 0.269. The molecule has 0 aliphatic heterocycles. The van der Waals surface area contributed by atoms with E-state index in [9.17, 15) is 0 Å². The first-order chi connectivity index (χ1) is 16.1. The Hall–Kier alpha value is -3.87. The number of benzene rings is 1. The van der Waals surface area contributed by atoms with Gasteiger partial charge in [-0.25, -0.2) is 9.97 Å². The second-order valence-electron chi connectivity index (χ2n) is 8.44. The van der Waals surface area contributed by atoms with E-state index >= 15 is 0 Å². The van der Waals surface area contributed by atoms with Gasteiger partial charge in [0.05, 0.1) is 37.9 Å². The van der Waals surface area contributed by atoms with E-state index in [1.54, 1.807) is 7.11 Å². The maximum absolute atomic E-state index is 5.24. The van der Waals surface area contributed by atoms with Crippen LogP contribution in [0.2, 0.25) is 0 Å². The predicted molar refractivity (Wildman–Crippen MR) is 131 cm³/mol. The van der Waals surface area contributed by atoms with Crippen LogP contribution in [-0.4, -0.2) is 31.4 Å². The molecule has 1 atom stereocenters. The highest BCUT2D eigenvalue weighted by atomic mass is 16.5. The number of aromatic nitrogens is 5. The fourth-order valence-corrected chi connectivity index (χ4v) is 4.27. The standard InChI is InChI=1S/C26H28N6O/c1-4-19-11-20(21-13-29-32(16-21)15-18-5-8-22(33-3)9-6-18)7-10-23(19)30-26-12-25-24(14-27-26)28-17-31(25)2/h5-10,12-14,16-17,19H,4,11,15H2,1-3H3,(H,27,30). The number of allylic oxidation sites excluding steroid dienone is 4. The van der Waals surface area contributed by atoms with Crippen molar-refractivity contribution in [2.75, 3.05) is 12.4 Å². The average molecular weight is 441 g/mol. The van der Waals surface area contributed by atoms with Crippen molar-refractivity contribution < 1.29 is 4.74 Å². The van der Waals surface area contributed by atoms with Crippen LogP contribution in [0.3, 0.4) is 0 Å². The van der Waals surface area contributed by atoms with E-state index in [0.717, 1.165) is 42.0 Å². The lowest BCUT2D eigenvalue weighted by Gasteiger charge is -2.24. The van der Waals surface area contributed by atoms with Crippen LogP contribution in [0.15, 0.2) is 73.1 Å². The van der Waals surface area contributed by atoms with Crippen LogP contribution >= 0.6 is 0 Å². The van der Waals surface area contributed by atoms with Crippen molar-refractivity contribution in [3.63, 3.8) is 0 Å². The molecule has 0 spiro atoms. The summed E-state index contributed by atoms with van der Waals surface area (Å²) in [4.78, 5) is 8.90. The van der Waals surface area contributed by atoms with Gasteiger partial charge < -0.3 is 14.6 Å². The number of ether oxygens (including phenoxy) is 1. The van der Waals surface area contributed by atoms with E-state index in [1.807, 2.05) is 47.2 Å². The molecule has 0 saturated heterocycles. The van der Waals surface area contributed by atoms with Gasteiger partial charge >= 0.3 is 0 Å². The first-order valence-electron chi connectivity index (χ1n) is 11.2. The Morgan fingerprint density at radius 1 is 1.12 bits per heavy atom. The quantitative estimate of drug-likeness (QED) is 0.436. The van der Waals surface area contributed by atoms with Crippen molar-refractivity contribution >= 4 is 22.4 Å². The lowest BCUT2D eigenvalue weighted by molar-refractivity contribution is 0.414. The number of nitrogens with one attached hydrogen (secondary N) is 1. The summed E-state index contributed by atoms with van der Waals surface area (Å²) in [5.74, 6) is 2.11. The van der Waals surface area contributed by atoms with Gasteiger partial charge in [-0.3, -0.25) is 4.68 Å². The van der Waals surface area contributed by atoms with Crippen LogP contribution in [0.1, 0.15) is 30.9 Å².